The van der Waals surface area contributed by atoms with Gasteiger partial charge in [0.1, 0.15) is 11.4 Å². The van der Waals surface area contributed by atoms with Crippen molar-refractivity contribution in [3.63, 3.8) is 0 Å². The van der Waals surface area contributed by atoms with Gasteiger partial charge in [0.2, 0.25) is 0 Å². The molecule has 8 heteroatoms. The van der Waals surface area contributed by atoms with Gasteiger partial charge in [-0.1, -0.05) is 12.1 Å². The summed E-state index contributed by atoms with van der Waals surface area (Å²) in [6.45, 7) is 0. The molecule has 2 N–H and O–H groups in total. The maximum absolute atomic E-state index is 13.8. The predicted octanol–water partition coefficient (Wildman–Crippen LogP) is 4.50. The first-order chi connectivity index (χ1) is 13.0. The highest BCUT2D eigenvalue weighted by molar-refractivity contribution is 6.04. The zero-order valence-electron chi connectivity index (χ0n) is 14.1. The summed E-state index contributed by atoms with van der Waals surface area (Å²) in [5, 5.41) is 5.25. The monoisotopic (exact) mass is 373 g/mol. The van der Waals surface area contributed by atoms with Gasteiger partial charge in [-0.15, -0.1) is 0 Å². The molecule has 0 radical (unpaired) electrons. The maximum atomic E-state index is 13.8. The van der Waals surface area contributed by atoms with Crippen LogP contribution in [0.2, 0.25) is 0 Å². The normalized spacial score (nSPS) is 10.4. The third kappa shape index (κ3) is 4.00. The number of anilines is 3. The summed E-state index contributed by atoms with van der Waals surface area (Å²) in [4.78, 5) is 16.4. The average Bonchev–Trinajstić information content (AvgIpc) is 2.69. The van der Waals surface area contributed by atoms with Crippen molar-refractivity contribution >= 4 is 23.0 Å². The van der Waals surface area contributed by atoms with Crippen LogP contribution in [0, 0.1) is 17.5 Å². The number of methoxy groups -OCH3 is 1. The fourth-order valence-corrected chi connectivity index (χ4v) is 2.34. The minimum atomic E-state index is -1.58. The molecule has 0 aliphatic rings. The highest BCUT2D eigenvalue weighted by atomic mass is 19.2. The Labute approximate surface area is 152 Å². The topological polar surface area (TPSA) is 63.2 Å². The van der Waals surface area contributed by atoms with Gasteiger partial charge in [-0.25, -0.2) is 13.2 Å². The standard InChI is InChI=1S/C19H14F3N3O2/c1-27-16-5-3-2-4-13(16)25-19(26)15-10-11(8-9-23-15)24-14-7-6-12(20)17(21)18(14)22/h2-10H,1H3,(H,23,24)(H,25,26). The molecule has 0 atom stereocenters. The maximum Gasteiger partial charge on any atom is 0.274 e. The molecule has 0 unspecified atom stereocenters. The zero-order chi connectivity index (χ0) is 19.4. The second kappa shape index (κ2) is 7.77. The molecule has 0 aliphatic heterocycles. The molecule has 1 heterocycles. The SMILES string of the molecule is COc1ccccc1NC(=O)c1cc(Nc2ccc(F)c(F)c2F)ccn1. The summed E-state index contributed by atoms with van der Waals surface area (Å²) in [5.41, 5.74) is 0.502. The summed E-state index contributed by atoms with van der Waals surface area (Å²) in [6.07, 6.45) is 1.33. The molecule has 1 aromatic heterocycles. The summed E-state index contributed by atoms with van der Waals surface area (Å²) < 4.78 is 45.3. The molecule has 0 saturated carbocycles. The number of hydrogen-bond acceptors (Lipinski definition) is 4. The molecule has 1 amide bonds. The van der Waals surface area contributed by atoms with Crippen molar-refractivity contribution < 1.29 is 22.7 Å². The van der Waals surface area contributed by atoms with Gasteiger partial charge < -0.3 is 15.4 Å². The summed E-state index contributed by atoms with van der Waals surface area (Å²) >= 11 is 0. The quantitative estimate of drug-likeness (QED) is 0.647. The highest BCUT2D eigenvalue weighted by Gasteiger charge is 2.15. The van der Waals surface area contributed by atoms with E-state index in [-0.39, 0.29) is 17.1 Å². The van der Waals surface area contributed by atoms with Crippen LogP contribution in [0.4, 0.5) is 30.2 Å². The van der Waals surface area contributed by atoms with Crippen LogP contribution in [0.3, 0.4) is 0 Å². The summed E-state index contributed by atoms with van der Waals surface area (Å²) in [5.74, 6) is -4.27. The molecule has 3 aromatic rings. The Bertz CT molecular complexity index is 996. The van der Waals surface area contributed by atoms with Crippen molar-refractivity contribution in [3.05, 3.63) is 77.9 Å². The van der Waals surface area contributed by atoms with Gasteiger partial charge in [-0.2, -0.15) is 0 Å². The summed E-state index contributed by atoms with van der Waals surface area (Å²) in [7, 11) is 1.48. The largest absolute Gasteiger partial charge is 0.495 e. The Morgan fingerprint density at radius 1 is 1.00 bits per heavy atom. The van der Waals surface area contributed by atoms with Crippen LogP contribution < -0.4 is 15.4 Å². The Hall–Kier alpha value is -3.55. The number of para-hydroxylation sites is 2. The molecular formula is C19H14F3N3O2. The van der Waals surface area contributed by atoms with E-state index in [4.69, 9.17) is 4.74 Å². The first-order valence-corrected chi connectivity index (χ1v) is 7.80. The number of halogens is 3. The van der Waals surface area contributed by atoms with E-state index in [0.29, 0.717) is 11.4 Å². The molecular weight excluding hydrogens is 359 g/mol. The minimum Gasteiger partial charge on any atom is -0.495 e. The van der Waals surface area contributed by atoms with Crippen molar-refractivity contribution in [1.82, 2.24) is 4.98 Å². The van der Waals surface area contributed by atoms with Gasteiger partial charge in [0.05, 0.1) is 18.5 Å². The van der Waals surface area contributed by atoms with Crippen LogP contribution >= 0.6 is 0 Å². The molecule has 2 aromatic carbocycles. The summed E-state index contributed by atoms with van der Waals surface area (Å²) in [6, 6.07) is 11.5. The number of hydrogen-bond donors (Lipinski definition) is 2. The first-order valence-electron chi connectivity index (χ1n) is 7.80. The number of benzene rings is 2. The van der Waals surface area contributed by atoms with Crippen molar-refractivity contribution in [3.8, 4) is 5.75 Å². The van der Waals surface area contributed by atoms with Crippen LogP contribution in [0.1, 0.15) is 10.5 Å². The number of nitrogens with one attached hydrogen (secondary N) is 2. The lowest BCUT2D eigenvalue weighted by Crippen LogP contribution is -2.14. The number of aromatic nitrogens is 1. The van der Waals surface area contributed by atoms with Crippen LogP contribution in [0.25, 0.3) is 0 Å². The predicted molar refractivity (Wildman–Crippen MR) is 94.8 cm³/mol. The first kappa shape index (κ1) is 18.2. The number of pyridine rings is 1. The number of rotatable bonds is 5. The molecule has 27 heavy (non-hydrogen) atoms. The van der Waals surface area contributed by atoms with E-state index < -0.39 is 23.4 Å². The lowest BCUT2D eigenvalue weighted by molar-refractivity contribution is 0.102. The van der Waals surface area contributed by atoms with E-state index in [2.05, 4.69) is 15.6 Å². The van der Waals surface area contributed by atoms with Crippen LogP contribution in [0.15, 0.2) is 54.7 Å². The van der Waals surface area contributed by atoms with Crippen molar-refractivity contribution in [2.75, 3.05) is 17.7 Å². The van der Waals surface area contributed by atoms with Gasteiger partial charge in [0.25, 0.3) is 5.91 Å². The van der Waals surface area contributed by atoms with Crippen LogP contribution in [0.5, 0.6) is 5.75 Å². The third-order valence-electron chi connectivity index (χ3n) is 3.66. The van der Waals surface area contributed by atoms with E-state index >= 15 is 0 Å². The van der Waals surface area contributed by atoms with E-state index in [0.717, 1.165) is 12.1 Å². The number of amides is 1. The molecule has 0 saturated heterocycles. The molecule has 5 nitrogen and oxygen atoms in total. The number of nitrogens with zero attached hydrogens (tertiary/aromatic N) is 1. The van der Waals surface area contributed by atoms with Gasteiger partial charge in [-0.05, 0) is 36.4 Å². The van der Waals surface area contributed by atoms with Gasteiger partial charge >= 0.3 is 0 Å². The minimum absolute atomic E-state index is 0.0360. The molecule has 0 bridgehead atoms. The average molecular weight is 373 g/mol. The van der Waals surface area contributed by atoms with Gasteiger partial charge in [0.15, 0.2) is 17.5 Å². The molecule has 0 spiro atoms. The van der Waals surface area contributed by atoms with E-state index in [9.17, 15) is 18.0 Å². The highest BCUT2D eigenvalue weighted by Crippen LogP contribution is 2.25. The van der Waals surface area contributed by atoms with E-state index in [1.165, 1.54) is 25.4 Å². The third-order valence-corrected chi connectivity index (χ3v) is 3.66. The zero-order valence-corrected chi connectivity index (χ0v) is 14.1. The Kier molecular flexibility index (Phi) is 5.25. The number of ether oxygens (including phenoxy) is 1. The molecule has 0 aliphatic carbocycles. The van der Waals surface area contributed by atoms with Crippen LogP contribution in [-0.2, 0) is 0 Å². The van der Waals surface area contributed by atoms with Crippen molar-refractivity contribution in [1.29, 1.82) is 0 Å². The Morgan fingerprint density at radius 3 is 2.56 bits per heavy atom. The second-order valence-corrected chi connectivity index (χ2v) is 5.43. The lowest BCUT2D eigenvalue weighted by atomic mass is 10.2. The molecule has 0 fully saturated rings. The smallest absolute Gasteiger partial charge is 0.274 e. The fourth-order valence-electron chi connectivity index (χ4n) is 2.34. The molecule has 138 valence electrons. The van der Waals surface area contributed by atoms with E-state index in [1.54, 1.807) is 24.3 Å². The Morgan fingerprint density at radius 2 is 1.78 bits per heavy atom. The van der Waals surface area contributed by atoms with Crippen molar-refractivity contribution in [2.24, 2.45) is 0 Å². The Balaban J connectivity index is 1.81. The fraction of sp³-hybridized carbons (Fsp3) is 0.0526. The molecule has 3 rings (SSSR count). The number of carbonyl (C=O) groups is 1. The lowest BCUT2D eigenvalue weighted by Gasteiger charge is -2.11. The van der Waals surface area contributed by atoms with E-state index in [1.807, 2.05) is 0 Å². The van der Waals surface area contributed by atoms with Crippen LogP contribution in [-0.4, -0.2) is 18.0 Å². The van der Waals surface area contributed by atoms with Gasteiger partial charge in [-0.3, -0.25) is 9.78 Å². The number of carbonyl (C=O) groups excluding carboxylic acids is 1. The van der Waals surface area contributed by atoms with Crippen molar-refractivity contribution in [2.45, 2.75) is 0 Å². The second-order valence-electron chi connectivity index (χ2n) is 5.43. The van der Waals surface area contributed by atoms with Gasteiger partial charge in [0, 0.05) is 11.9 Å².